The van der Waals surface area contributed by atoms with Crippen LogP contribution < -0.4 is 0 Å². The molecule has 0 atom stereocenters. The van der Waals surface area contributed by atoms with Gasteiger partial charge in [-0.2, -0.15) is 0 Å². The van der Waals surface area contributed by atoms with Crippen LogP contribution in [0.4, 0.5) is 0 Å². The molecule has 0 saturated heterocycles. The molecule has 0 bridgehead atoms. The van der Waals surface area contributed by atoms with Crippen molar-refractivity contribution in [2.45, 2.75) is 13.3 Å². The zero-order valence-corrected chi connectivity index (χ0v) is 12.0. The summed E-state index contributed by atoms with van der Waals surface area (Å²) < 4.78 is 0. The number of carboxylic acids is 2. The lowest BCUT2D eigenvalue weighted by Crippen LogP contribution is -2.02. The van der Waals surface area contributed by atoms with Gasteiger partial charge in [0.2, 0.25) is 0 Å². The van der Waals surface area contributed by atoms with Crippen LogP contribution in [0.15, 0.2) is 36.4 Å². The molecule has 0 aliphatic heterocycles. The van der Waals surface area contributed by atoms with E-state index in [0.717, 1.165) is 16.7 Å². The van der Waals surface area contributed by atoms with Crippen molar-refractivity contribution in [3.63, 3.8) is 0 Å². The van der Waals surface area contributed by atoms with Crippen LogP contribution in [0, 0.1) is 6.92 Å². The van der Waals surface area contributed by atoms with Crippen molar-refractivity contribution < 1.29 is 19.8 Å². The summed E-state index contributed by atoms with van der Waals surface area (Å²) in [5.41, 5.74) is 2.82. The maximum absolute atomic E-state index is 11.0. The molecular weight excluding hydrogens is 292 g/mol. The van der Waals surface area contributed by atoms with E-state index >= 15 is 0 Å². The molecule has 0 spiro atoms. The first-order chi connectivity index (χ1) is 9.86. The van der Waals surface area contributed by atoms with Gasteiger partial charge < -0.3 is 10.2 Å². The standard InChI is InChI=1S/C16H13ClO4/c1-9-2-3-11(15(18)19)7-12(9)4-10-5-13(16(20)21)8-14(17)6-10/h2-3,5-8H,4H2,1H3,(H,18,19)(H,20,21). The molecule has 108 valence electrons. The predicted octanol–water partition coefficient (Wildman–Crippen LogP) is 3.64. The van der Waals surface area contributed by atoms with Crippen LogP contribution in [0.25, 0.3) is 0 Å². The van der Waals surface area contributed by atoms with E-state index in [-0.39, 0.29) is 11.1 Å². The first-order valence-electron chi connectivity index (χ1n) is 6.22. The Hall–Kier alpha value is -2.33. The number of carboxylic acid groups (broad SMARTS) is 2. The second-order valence-corrected chi connectivity index (χ2v) is 5.21. The van der Waals surface area contributed by atoms with Gasteiger partial charge in [-0.3, -0.25) is 0 Å². The molecule has 5 heteroatoms. The summed E-state index contributed by atoms with van der Waals surface area (Å²) in [5, 5.41) is 18.4. The number of hydrogen-bond acceptors (Lipinski definition) is 2. The second kappa shape index (κ2) is 5.97. The van der Waals surface area contributed by atoms with Crippen LogP contribution in [0.1, 0.15) is 37.4 Å². The highest BCUT2D eigenvalue weighted by molar-refractivity contribution is 6.31. The third kappa shape index (κ3) is 3.61. The molecule has 0 radical (unpaired) electrons. The van der Waals surface area contributed by atoms with Crippen molar-refractivity contribution in [3.05, 3.63) is 69.2 Å². The van der Waals surface area contributed by atoms with Crippen LogP contribution in [0.2, 0.25) is 5.02 Å². The van der Waals surface area contributed by atoms with E-state index in [4.69, 9.17) is 21.8 Å². The average molecular weight is 305 g/mol. The number of carbonyl (C=O) groups is 2. The molecule has 0 fully saturated rings. The Kier molecular flexibility index (Phi) is 4.29. The summed E-state index contributed by atoms with van der Waals surface area (Å²) in [6.07, 6.45) is 0.424. The van der Waals surface area contributed by atoms with Crippen molar-refractivity contribution in [2.24, 2.45) is 0 Å². The maximum Gasteiger partial charge on any atom is 0.335 e. The minimum absolute atomic E-state index is 0.115. The van der Waals surface area contributed by atoms with Crippen molar-refractivity contribution in [1.29, 1.82) is 0 Å². The van der Waals surface area contributed by atoms with Crippen LogP contribution >= 0.6 is 11.6 Å². The Balaban J connectivity index is 2.40. The van der Waals surface area contributed by atoms with Gasteiger partial charge >= 0.3 is 11.9 Å². The van der Waals surface area contributed by atoms with Crippen LogP contribution in [0.3, 0.4) is 0 Å². The highest BCUT2D eigenvalue weighted by atomic mass is 35.5. The molecule has 0 unspecified atom stereocenters. The summed E-state index contributed by atoms with van der Waals surface area (Å²) in [6, 6.07) is 9.48. The summed E-state index contributed by atoms with van der Waals surface area (Å²) in [4.78, 5) is 22.0. The minimum atomic E-state index is -1.05. The minimum Gasteiger partial charge on any atom is -0.478 e. The van der Waals surface area contributed by atoms with Crippen molar-refractivity contribution >= 4 is 23.5 Å². The van der Waals surface area contributed by atoms with Gasteiger partial charge in [-0.1, -0.05) is 17.7 Å². The molecule has 0 aliphatic rings. The normalized spacial score (nSPS) is 10.4. The lowest BCUT2D eigenvalue weighted by atomic mass is 9.97. The molecule has 2 rings (SSSR count). The number of hydrogen-bond donors (Lipinski definition) is 2. The molecule has 0 amide bonds. The van der Waals surface area contributed by atoms with E-state index in [1.807, 2.05) is 6.92 Å². The maximum atomic E-state index is 11.0. The molecular formula is C16H13ClO4. The summed E-state index contributed by atoms with van der Waals surface area (Å²) >= 11 is 5.92. The average Bonchev–Trinajstić information content (AvgIpc) is 2.40. The summed E-state index contributed by atoms with van der Waals surface area (Å²) in [6.45, 7) is 1.88. The second-order valence-electron chi connectivity index (χ2n) is 4.78. The molecule has 0 aliphatic carbocycles. The van der Waals surface area contributed by atoms with E-state index in [0.29, 0.717) is 11.4 Å². The van der Waals surface area contributed by atoms with Gasteiger partial charge in [-0.15, -0.1) is 0 Å². The highest BCUT2D eigenvalue weighted by Crippen LogP contribution is 2.21. The van der Waals surface area contributed by atoms with Crippen molar-refractivity contribution in [2.75, 3.05) is 0 Å². The largest absolute Gasteiger partial charge is 0.478 e. The number of halogens is 1. The lowest BCUT2D eigenvalue weighted by molar-refractivity contribution is 0.0686. The SMILES string of the molecule is Cc1ccc(C(=O)O)cc1Cc1cc(Cl)cc(C(=O)O)c1. The topological polar surface area (TPSA) is 74.6 Å². The molecule has 2 aromatic carbocycles. The Morgan fingerprint density at radius 1 is 1.00 bits per heavy atom. The van der Waals surface area contributed by atoms with Gasteiger partial charge in [-0.25, -0.2) is 9.59 Å². The molecule has 2 aromatic rings. The molecule has 0 saturated carbocycles. The third-order valence-electron chi connectivity index (χ3n) is 3.20. The van der Waals surface area contributed by atoms with E-state index in [9.17, 15) is 9.59 Å². The van der Waals surface area contributed by atoms with Gasteiger partial charge in [-0.05, 0) is 60.4 Å². The quantitative estimate of drug-likeness (QED) is 0.904. The molecule has 4 nitrogen and oxygen atoms in total. The fourth-order valence-electron chi connectivity index (χ4n) is 2.09. The zero-order chi connectivity index (χ0) is 15.6. The highest BCUT2D eigenvalue weighted by Gasteiger charge is 2.10. The Morgan fingerprint density at radius 3 is 2.29 bits per heavy atom. The van der Waals surface area contributed by atoms with Crippen molar-refractivity contribution in [3.8, 4) is 0 Å². The Labute approximate surface area is 126 Å². The summed E-state index contributed by atoms with van der Waals surface area (Å²) in [5.74, 6) is -2.04. The van der Waals surface area contributed by atoms with E-state index in [2.05, 4.69) is 0 Å². The predicted molar refractivity (Wildman–Crippen MR) is 79.4 cm³/mol. The third-order valence-corrected chi connectivity index (χ3v) is 3.41. The van der Waals surface area contributed by atoms with Crippen LogP contribution in [-0.2, 0) is 6.42 Å². The van der Waals surface area contributed by atoms with Gasteiger partial charge in [0.25, 0.3) is 0 Å². The summed E-state index contributed by atoms with van der Waals surface area (Å²) in [7, 11) is 0. The van der Waals surface area contributed by atoms with Crippen LogP contribution in [0.5, 0.6) is 0 Å². The first kappa shape index (κ1) is 15.1. The van der Waals surface area contributed by atoms with Crippen molar-refractivity contribution in [1.82, 2.24) is 0 Å². The molecule has 0 aromatic heterocycles. The van der Waals surface area contributed by atoms with Gasteiger partial charge in [0.1, 0.15) is 0 Å². The lowest BCUT2D eigenvalue weighted by Gasteiger charge is -2.09. The molecule has 21 heavy (non-hydrogen) atoms. The monoisotopic (exact) mass is 304 g/mol. The fourth-order valence-corrected chi connectivity index (χ4v) is 2.35. The zero-order valence-electron chi connectivity index (χ0n) is 11.3. The van der Waals surface area contributed by atoms with E-state index in [1.54, 1.807) is 30.3 Å². The number of aromatic carboxylic acids is 2. The number of rotatable bonds is 4. The molecule has 0 heterocycles. The Bertz CT molecular complexity index is 722. The van der Waals surface area contributed by atoms with Gasteiger partial charge in [0.05, 0.1) is 11.1 Å². The van der Waals surface area contributed by atoms with Crippen LogP contribution in [-0.4, -0.2) is 22.2 Å². The van der Waals surface area contributed by atoms with Gasteiger partial charge in [0, 0.05) is 5.02 Å². The Morgan fingerprint density at radius 2 is 1.67 bits per heavy atom. The van der Waals surface area contributed by atoms with E-state index in [1.165, 1.54) is 6.07 Å². The van der Waals surface area contributed by atoms with Gasteiger partial charge in [0.15, 0.2) is 0 Å². The smallest absolute Gasteiger partial charge is 0.335 e. The van der Waals surface area contributed by atoms with E-state index < -0.39 is 11.9 Å². The first-order valence-corrected chi connectivity index (χ1v) is 6.60. The fraction of sp³-hybridized carbons (Fsp3) is 0.125. The number of aryl methyl sites for hydroxylation is 1. The molecule has 2 N–H and O–H groups in total. The number of benzene rings is 2.